The SMILES string of the molecule is CCCCC(=O)N[C@@H]1CC[C@@]2(OC)CCN(C(=O)Cc3cc(C)no3)[C@H]2C1. The van der Waals surface area contributed by atoms with Gasteiger partial charge >= 0.3 is 0 Å². The molecule has 7 heteroatoms. The number of likely N-dealkylation sites (tertiary alicyclic amines) is 1. The van der Waals surface area contributed by atoms with E-state index >= 15 is 0 Å². The molecule has 27 heavy (non-hydrogen) atoms. The smallest absolute Gasteiger partial charge is 0.230 e. The van der Waals surface area contributed by atoms with Crippen LogP contribution in [0.2, 0.25) is 0 Å². The molecule has 0 aromatic carbocycles. The number of hydrogen-bond donors (Lipinski definition) is 1. The Kier molecular flexibility index (Phi) is 6.19. The van der Waals surface area contributed by atoms with Gasteiger partial charge in [-0.3, -0.25) is 9.59 Å². The molecule has 0 unspecified atom stereocenters. The van der Waals surface area contributed by atoms with Gasteiger partial charge < -0.3 is 19.5 Å². The second-order valence-electron chi connectivity index (χ2n) is 7.88. The van der Waals surface area contributed by atoms with Gasteiger partial charge in [-0.05, 0) is 39.0 Å². The number of nitrogens with zero attached hydrogens (tertiary/aromatic N) is 2. The molecule has 7 nitrogen and oxygen atoms in total. The van der Waals surface area contributed by atoms with Crippen molar-refractivity contribution in [3.63, 3.8) is 0 Å². The zero-order valence-electron chi connectivity index (χ0n) is 16.6. The van der Waals surface area contributed by atoms with Crippen molar-refractivity contribution in [2.75, 3.05) is 13.7 Å². The zero-order chi connectivity index (χ0) is 19.4. The normalized spacial score (nSPS) is 27.4. The summed E-state index contributed by atoms with van der Waals surface area (Å²) in [4.78, 5) is 27.0. The van der Waals surface area contributed by atoms with Gasteiger partial charge in [0.05, 0.1) is 23.8 Å². The lowest BCUT2D eigenvalue weighted by Gasteiger charge is -2.43. The number of nitrogens with one attached hydrogen (secondary N) is 1. The van der Waals surface area contributed by atoms with Gasteiger partial charge in [0.2, 0.25) is 11.8 Å². The third-order valence-corrected chi connectivity index (χ3v) is 6.03. The van der Waals surface area contributed by atoms with Gasteiger partial charge in [0.25, 0.3) is 0 Å². The Bertz CT molecular complexity index is 674. The Morgan fingerprint density at radius 2 is 2.26 bits per heavy atom. The van der Waals surface area contributed by atoms with Crippen LogP contribution in [0.15, 0.2) is 10.6 Å². The van der Waals surface area contributed by atoms with Gasteiger partial charge in [-0.2, -0.15) is 0 Å². The minimum Gasteiger partial charge on any atom is -0.376 e. The molecule has 1 saturated heterocycles. The van der Waals surface area contributed by atoms with Crippen LogP contribution in [-0.4, -0.2) is 53.2 Å². The van der Waals surface area contributed by atoms with E-state index in [2.05, 4.69) is 17.4 Å². The highest BCUT2D eigenvalue weighted by atomic mass is 16.5. The van der Waals surface area contributed by atoms with Crippen LogP contribution < -0.4 is 5.32 Å². The number of unbranched alkanes of at least 4 members (excludes halogenated alkanes) is 1. The van der Waals surface area contributed by atoms with Crippen molar-refractivity contribution in [1.29, 1.82) is 0 Å². The van der Waals surface area contributed by atoms with Crippen LogP contribution in [0.25, 0.3) is 0 Å². The highest BCUT2D eigenvalue weighted by Crippen LogP contribution is 2.42. The van der Waals surface area contributed by atoms with E-state index in [4.69, 9.17) is 9.26 Å². The van der Waals surface area contributed by atoms with Crippen LogP contribution in [0, 0.1) is 6.92 Å². The van der Waals surface area contributed by atoms with Crippen molar-refractivity contribution >= 4 is 11.8 Å². The molecule has 3 atom stereocenters. The summed E-state index contributed by atoms with van der Waals surface area (Å²) in [7, 11) is 1.74. The van der Waals surface area contributed by atoms with Gasteiger partial charge in [0.1, 0.15) is 5.76 Å². The summed E-state index contributed by atoms with van der Waals surface area (Å²) >= 11 is 0. The third kappa shape index (κ3) is 4.34. The number of aromatic nitrogens is 1. The number of methoxy groups -OCH3 is 1. The molecule has 150 valence electrons. The van der Waals surface area contributed by atoms with Crippen LogP contribution in [0.3, 0.4) is 0 Å². The molecule has 0 bridgehead atoms. The van der Waals surface area contributed by atoms with E-state index in [1.54, 1.807) is 13.2 Å². The highest BCUT2D eigenvalue weighted by Gasteiger charge is 2.52. The lowest BCUT2D eigenvalue weighted by atomic mass is 9.78. The van der Waals surface area contributed by atoms with E-state index in [0.717, 1.165) is 44.2 Å². The molecule has 0 spiro atoms. The van der Waals surface area contributed by atoms with E-state index in [9.17, 15) is 9.59 Å². The lowest BCUT2D eigenvalue weighted by molar-refractivity contribution is -0.137. The molecule has 2 heterocycles. The molecular weight excluding hydrogens is 346 g/mol. The third-order valence-electron chi connectivity index (χ3n) is 6.03. The van der Waals surface area contributed by atoms with Gasteiger partial charge in [0, 0.05) is 32.2 Å². The number of carbonyl (C=O) groups is 2. The van der Waals surface area contributed by atoms with Crippen molar-refractivity contribution < 1.29 is 18.8 Å². The van der Waals surface area contributed by atoms with Gasteiger partial charge in [0.15, 0.2) is 0 Å². The van der Waals surface area contributed by atoms with E-state index < -0.39 is 0 Å². The summed E-state index contributed by atoms with van der Waals surface area (Å²) in [5.74, 6) is 0.737. The maximum atomic E-state index is 12.9. The number of aryl methyl sites for hydroxylation is 1. The first-order chi connectivity index (χ1) is 13.0. The second kappa shape index (κ2) is 8.42. The molecule has 1 saturated carbocycles. The lowest BCUT2D eigenvalue weighted by Crippen LogP contribution is -2.56. The molecule has 2 aliphatic rings. The number of rotatable bonds is 7. The Morgan fingerprint density at radius 1 is 1.44 bits per heavy atom. The predicted molar refractivity (Wildman–Crippen MR) is 100 cm³/mol. The molecule has 2 fully saturated rings. The fraction of sp³-hybridized carbons (Fsp3) is 0.750. The van der Waals surface area contributed by atoms with E-state index in [0.29, 0.717) is 18.7 Å². The molecule has 1 N–H and O–H groups in total. The molecular formula is C20H31N3O4. The monoisotopic (exact) mass is 377 g/mol. The Hall–Kier alpha value is -1.89. The molecule has 1 aromatic rings. The second-order valence-corrected chi connectivity index (χ2v) is 7.88. The zero-order valence-corrected chi connectivity index (χ0v) is 16.6. The van der Waals surface area contributed by atoms with Crippen molar-refractivity contribution in [3.05, 3.63) is 17.5 Å². The molecule has 1 aromatic heterocycles. The maximum absolute atomic E-state index is 12.9. The first-order valence-electron chi connectivity index (χ1n) is 10.0. The quantitative estimate of drug-likeness (QED) is 0.789. The number of hydrogen-bond acceptors (Lipinski definition) is 5. The van der Waals surface area contributed by atoms with Crippen LogP contribution in [0.5, 0.6) is 0 Å². The number of amides is 2. The highest BCUT2D eigenvalue weighted by molar-refractivity contribution is 5.79. The van der Waals surface area contributed by atoms with Crippen LogP contribution in [0.4, 0.5) is 0 Å². The minimum absolute atomic E-state index is 0.00996. The maximum Gasteiger partial charge on any atom is 0.230 e. The standard InChI is InChI=1S/C20H31N3O4/c1-4-5-6-18(24)21-15-7-8-20(26-3)9-10-23(17(20)12-15)19(25)13-16-11-14(2)22-27-16/h11,15,17H,4-10,12-13H2,1-3H3,(H,21,24)/t15-,17+,20-/m1/s1. The first-order valence-corrected chi connectivity index (χ1v) is 10.0. The van der Waals surface area contributed by atoms with Crippen molar-refractivity contribution in [2.45, 2.75) is 82.9 Å². The first kappa shape index (κ1) is 19.9. The summed E-state index contributed by atoms with van der Waals surface area (Å²) in [6.45, 7) is 4.61. The van der Waals surface area contributed by atoms with Crippen LogP contribution in [0.1, 0.15) is 63.3 Å². The molecule has 1 aliphatic heterocycles. The fourth-order valence-corrected chi connectivity index (χ4v) is 4.51. The Labute approximate surface area is 160 Å². The predicted octanol–water partition coefficient (Wildman–Crippen LogP) is 2.37. The number of fused-ring (bicyclic) bond motifs is 1. The van der Waals surface area contributed by atoms with Gasteiger partial charge in [-0.25, -0.2) is 0 Å². The average Bonchev–Trinajstić information content (AvgIpc) is 3.23. The number of ether oxygens (including phenoxy) is 1. The van der Waals surface area contributed by atoms with Gasteiger partial charge in [-0.15, -0.1) is 0 Å². The van der Waals surface area contributed by atoms with Crippen LogP contribution in [-0.2, 0) is 20.7 Å². The summed E-state index contributed by atoms with van der Waals surface area (Å²) in [5, 5.41) is 7.02. The topological polar surface area (TPSA) is 84.7 Å². The minimum atomic E-state index is -0.294. The van der Waals surface area contributed by atoms with Crippen molar-refractivity contribution in [1.82, 2.24) is 15.4 Å². The fourth-order valence-electron chi connectivity index (χ4n) is 4.51. The average molecular weight is 377 g/mol. The Balaban J connectivity index is 1.66. The summed E-state index contributed by atoms with van der Waals surface area (Å²) in [6.07, 6.45) is 6.04. The van der Waals surface area contributed by atoms with E-state index in [1.165, 1.54) is 0 Å². The molecule has 1 aliphatic carbocycles. The molecule has 0 radical (unpaired) electrons. The summed E-state index contributed by atoms with van der Waals surface area (Å²) in [6, 6.07) is 1.89. The van der Waals surface area contributed by atoms with Gasteiger partial charge in [-0.1, -0.05) is 18.5 Å². The van der Waals surface area contributed by atoms with Crippen molar-refractivity contribution in [2.24, 2.45) is 0 Å². The molecule has 2 amide bonds. The summed E-state index contributed by atoms with van der Waals surface area (Å²) < 4.78 is 11.1. The van der Waals surface area contributed by atoms with Crippen molar-refractivity contribution in [3.8, 4) is 0 Å². The Morgan fingerprint density at radius 3 is 2.93 bits per heavy atom. The largest absolute Gasteiger partial charge is 0.376 e. The van der Waals surface area contributed by atoms with E-state index in [1.807, 2.05) is 11.8 Å². The number of carbonyl (C=O) groups excluding carboxylic acids is 2. The molecule has 3 rings (SSSR count). The van der Waals surface area contributed by atoms with E-state index in [-0.39, 0.29) is 35.9 Å². The van der Waals surface area contributed by atoms with Crippen LogP contribution >= 0.6 is 0 Å². The summed E-state index contributed by atoms with van der Waals surface area (Å²) in [5.41, 5.74) is 0.482.